The lowest BCUT2D eigenvalue weighted by atomic mass is 9.94. The fourth-order valence-corrected chi connectivity index (χ4v) is 2.89. The van der Waals surface area contributed by atoms with E-state index in [0.29, 0.717) is 17.8 Å². The van der Waals surface area contributed by atoms with Gasteiger partial charge in [-0.3, -0.25) is 4.79 Å². The number of carbonyl (C=O) groups excluding carboxylic acids is 1. The summed E-state index contributed by atoms with van der Waals surface area (Å²) < 4.78 is 0. The van der Waals surface area contributed by atoms with Crippen LogP contribution in [-0.4, -0.2) is 16.5 Å². The van der Waals surface area contributed by atoms with Gasteiger partial charge < -0.3 is 0 Å². The molecule has 106 valence electrons. The molecule has 2 aromatic carbocycles. The van der Waals surface area contributed by atoms with E-state index in [1.54, 1.807) is 0 Å². The maximum Gasteiger partial charge on any atom is 0.172 e. The van der Waals surface area contributed by atoms with Crippen LogP contribution in [-0.2, 0) is 0 Å². The minimum atomic E-state index is 0.0837. The zero-order chi connectivity index (χ0) is 15.1. The second-order valence-corrected chi connectivity index (χ2v) is 5.51. The number of fused-ring (bicyclic) bond motifs is 2. The molecule has 0 fully saturated rings. The van der Waals surface area contributed by atoms with E-state index in [4.69, 9.17) is 0 Å². The maximum atomic E-state index is 12.4. The van der Waals surface area contributed by atoms with Crippen LogP contribution in [0.3, 0.4) is 0 Å². The SMILES string of the molecule is Cc1ccc2c(n1)N=C(c1cccc3ccccc13)CC2=O. The van der Waals surface area contributed by atoms with Crippen molar-refractivity contribution >= 4 is 28.1 Å². The molecule has 0 bridgehead atoms. The Labute approximate surface area is 128 Å². The average molecular weight is 286 g/mol. The first kappa shape index (κ1) is 12.9. The van der Waals surface area contributed by atoms with Gasteiger partial charge in [0.15, 0.2) is 11.6 Å². The van der Waals surface area contributed by atoms with Crippen molar-refractivity contribution < 1.29 is 4.79 Å². The van der Waals surface area contributed by atoms with Gasteiger partial charge in [0, 0.05) is 11.3 Å². The monoisotopic (exact) mass is 286 g/mol. The van der Waals surface area contributed by atoms with Crippen LogP contribution in [0.2, 0.25) is 0 Å². The second-order valence-electron chi connectivity index (χ2n) is 5.51. The third-order valence-corrected chi connectivity index (χ3v) is 3.98. The van der Waals surface area contributed by atoms with Crippen molar-refractivity contribution in [2.45, 2.75) is 13.3 Å². The molecule has 4 rings (SSSR count). The molecule has 0 unspecified atom stereocenters. The topological polar surface area (TPSA) is 42.3 Å². The van der Waals surface area contributed by atoms with E-state index in [1.807, 2.05) is 43.3 Å². The van der Waals surface area contributed by atoms with Crippen molar-refractivity contribution in [2.24, 2.45) is 4.99 Å². The quantitative estimate of drug-likeness (QED) is 0.671. The van der Waals surface area contributed by atoms with Crippen LogP contribution < -0.4 is 0 Å². The number of hydrogen-bond acceptors (Lipinski definition) is 3. The van der Waals surface area contributed by atoms with Gasteiger partial charge in [0.1, 0.15) is 0 Å². The number of aliphatic imine (C=N–C) groups is 1. The molecule has 0 N–H and O–H groups in total. The van der Waals surface area contributed by atoms with E-state index < -0.39 is 0 Å². The second kappa shape index (κ2) is 4.88. The van der Waals surface area contributed by atoms with Gasteiger partial charge in [0.25, 0.3) is 0 Å². The van der Waals surface area contributed by atoms with Gasteiger partial charge in [-0.15, -0.1) is 0 Å². The van der Waals surface area contributed by atoms with Crippen molar-refractivity contribution in [3.8, 4) is 0 Å². The number of ketones is 1. The van der Waals surface area contributed by atoms with Gasteiger partial charge in [-0.1, -0.05) is 42.5 Å². The van der Waals surface area contributed by atoms with Gasteiger partial charge in [-0.25, -0.2) is 9.98 Å². The Hall–Kier alpha value is -2.81. The average Bonchev–Trinajstić information content (AvgIpc) is 2.53. The Kier molecular flexibility index (Phi) is 2.86. The summed E-state index contributed by atoms with van der Waals surface area (Å²) in [6.07, 6.45) is 0.325. The summed E-state index contributed by atoms with van der Waals surface area (Å²) in [5.74, 6) is 0.625. The molecule has 0 atom stereocenters. The number of benzene rings is 2. The zero-order valence-corrected chi connectivity index (χ0v) is 12.2. The van der Waals surface area contributed by atoms with Crippen LogP contribution in [0.25, 0.3) is 10.8 Å². The Balaban J connectivity index is 1.94. The normalized spacial score (nSPS) is 13.9. The molecule has 0 aliphatic carbocycles. The zero-order valence-electron chi connectivity index (χ0n) is 12.2. The van der Waals surface area contributed by atoms with Gasteiger partial charge in [0.05, 0.1) is 17.7 Å². The summed E-state index contributed by atoms with van der Waals surface area (Å²) in [5.41, 5.74) is 3.30. The van der Waals surface area contributed by atoms with E-state index in [2.05, 4.69) is 28.2 Å². The highest BCUT2D eigenvalue weighted by Crippen LogP contribution is 2.28. The molecule has 0 saturated carbocycles. The molecule has 1 aliphatic rings. The lowest BCUT2D eigenvalue weighted by molar-refractivity contribution is 0.0999. The summed E-state index contributed by atoms with van der Waals surface area (Å²) in [6, 6.07) is 17.9. The molecule has 3 nitrogen and oxygen atoms in total. The highest BCUT2D eigenvalue weighted by molar-refractivity contribution is 6.23. The number of Topliss-reactive ketones (excluding diaryl/α,β-unsaturated/α-hetero) is 1. The maximum absolute atomic E-state index is 12.4. The summed E-state index contributed by atoms with van der Waals surface area (Å²) >= 11 is 0. The molecular weight excluding hydrogens is 272 g/mol. The summed E-state index contributed by atoms with van der Waals surface area (Å²) in [7, 11) is 0. The first-order valence-corrected chi connectivity index (χ1v) is 7.29. The van der Waals surface area contributed by atoms with E-state index in [9.17, 15) is 4.79 Å². The minimum Gasteiger partial charge on any atom is -0.294 e. The van der Waals surface area contributed by atoms with Crippen molar-refractivity contribution in [3.63, 3.8) is 0 Å². The van der Waals surface area contributed by atoms with Gasteiger partial charge in [-0.05, 0) is 29.8 Å². The van der Waals surface area contributed by atoms with Crippen LogP contribution in [0.15, 0.2) is 59.6 Å². The van der Waals surface area contributed by atoms with E-state index >= 15 is 0 Å². The van der Waals surface area contributed by atoms with Crippen molar-refractivity contribution in [2.75, 3.05) is 0 Å². The number of nitrogens with zero attached hydrogens (tertiary/aromatic N) is 2. The molecule has 3 aromatic rings. The number of hydrogen-bond donors (Lipinski definition) is 0. The smallest absolute Gasteiger partial charge is 0.172 e. The fourth-order valence-electron chi connectivity index (χ4n) is 2.89. The largest absolute Gasteiger partial charge is 0.294 e. The number of pyridine rings is 1. The Morgan fingerprint density at radius 3 is 2.64 bits per heavy atom. The predicted molar refractivity (Wildman–Crippen MR) is 88.1 cm³/mol. The third kappa shape index (κ3) is 2.02. The molecule has 1 aliphatic heterocycles. The van der Waals surface area contributed by atoms with Crippen LogP contribution in [0.5, 0.6) is 0 Å². The molecule has 3 heteroatoms. The standard InChI is InChI=1S/C19H14N2O/c1-12-9-10-16-18(22)11-17(21-19(16)20-12)15-8-4-6-13-5-2-3-7-14(13)15/h2-10H,11H2,1H3. The lowest BCUT2D eigenvalue weighted by Gasteiger charge is -2.15. The molecule has 0 spiro atoms. The molecule has 2 heterocycles. The van der Waals surface area contributed by atoms with E-state index in [0.717, 1.165) is 27.7 Å². The molecule has 1 aromatic heterocycles. The number of carbonyl (C=O) groups is 1. The van der Waals surface area contributed by atoms with Crippen LogP contribution in [0.1, 0.15) is 28.0 Å². The van der Waals surface area contributed by atoms with Gasteiger partial charge in [-0.2, -0.15) is 0 Å². The minimum absolute atomic E-state index is 0.0837. The van der Waals surface area contributed by atoms with Crippen LogP contribution in [0.4, 0.5) is 5.82 Å². The Morgan fingerprint density at radius 2 is 1.73 bits per heavy atom. The highest BCUT2D eigenvalue weighted by Gasteiger charge is 2.22. The predicted octanol–water partition coefficient (Wildman–Crippen LogP) is 4.25. The highest BCUT2D eigenvalue weighted by atomic mass is 16.1. The van der Waals surface area contributed by atoms with E-state index in [-0.39, 0.29) is 5.78 Å². The molecular formula is C19H14N2O. The summed E-state index contributed by atoms with van der Waals surface area (Å²) in [6.45, 7) is 1.91. The number of aryl methyl sites for hydroxylation is 1. The summed E-state index contributed by atoms with van der Waals surface area (Å²) in [4.78, 5) is 21.5. The van der Waals surface area contributed by atoms with E-state index in [1.165, 1.54) is 0 Å². The third-order valence-electron chi connectivity index (χ3n) is 3.98. The first-order chi connectivity index (χ1) is 10.7. The molecule has 0 saturated heterocycles. The Bertz CT molecular complexity index is 936. The van der Waals surface area contributed by atoms with Crippen LogP contribution in [0, 0.1) is 6.92 Å². The number of aromatic nitrogens is 1. The van der Waals surface area contributed by atoms with Crippen molar-refractivity contribution in [3.05, 3.63) is 71.4 Å². The summed E-state index contributed by atoms with van der Waals surface area (Å²) in [5, 5.41) is 2.27. The fraction of sp³-hybridized carbons (Fsp3) is 0.105. The molecule has 22 heavy (non-hydrogen) atoms. The van der Waals surface area contributed by atoms with Gasteiger partial charge >= 0.3 is 0 Å². The Morgan fingerprint density at radius 1 is 0.909 bits per heavy atom. The van der Waals surface area contributed by atoms with Gasteiger partial charge in [0.2, 0.25) is 0 Å². The molecule has 0 amide bonds. The molecule has 0 radical (unpaired) electrons. The first-order valence-electron chi connectivity index (χ1n) is 7.29. The van der Waals surface area contributed by atoms with Crippen molar-refractivity contribution in [1.29, 1.82) is 0 Å². The lowest BCUT2D eigenvalue weighted by Crippen LogP contribution is -2.15. The van der Waals surface area contributed by atoms with Crippen LogP contribution >= 0.6 is 0 Å². The number of rotatable bonds is 1. The van der Waals surface area contributed by atoms with Crippen molar-refractivity contribution in [1.82, 2.24) is 4.98 Å².